The molecule has 0 atom stereocenters. The number of nitrogens with zero attached hydrogens (tertiary/aromatic N) is 3. The van der Waals surface area contributed by atoms with E-state index in [1.54, 1.807) is 68.9 Å². The van der Waals surface area contributed by atoms with Gasteiger partial charge in [0.15, 0.2) is 11.5 Å². The number of imidazole rings is 1. The number of carbonyl (C=O) groups is 1. The highest BCUT2D eigenvalue weighted by Gasteiger charge is 2.26. The maximum atomic E-state index is 14.0. The van der Waals surface area contributed by atoms with Gasteiger partial charge in [0.25, 0.3) is 0 Å². The molecule has 0 aliphatic carbocycles. The fourth-order valence-corrected chi connectivity index (χ4v) is 4.69. The number of fused-ring (bicyclic) bond motifs is 1. The number of hydrogen-bond donors (Lipinski definition) is 2. The summed E-state index contributed by atoms with van der Waals surface area (Å²) in [6.07, 6.45) is 1.66. The summed E-state index contributed by atoms with van der Waals surface area (Å²) in [7, 11) is 4.97. The van der Waals surface area contributed by atoms with Gasteiger partial charge in [-0.3, -0.25) is 10.3 Å². The minimum Gasteiger partial charge on any atom is -0.493 e. The van der Waals surface area contributed by atoms with Gasteiger partial charge in [-0.25, -0.2) is 14.2 Å². The van der Waals surface area contributed by atoms with Crippen molar-refractivity contribution in [2.24, 2.45) is 7.05 Å². The largest absolute Gasteiger partial charge is 0.493 e. The molecule has 0 saturated heterocycles. The monoisotopic (exact) mass is 569 g/mol. The molecule has 2 N–H and O–H groups in total. The van der Waals surface area contributed by atoms with Gasteiger partial charge in [0, 0.05) is 41.4 Å². The van der Waals surface area contributed by atoms with Gasteiger partial charge in [-0.2, -0.15) is 0 Å². The van der Waals surface area contributed by atoms with Crippen LogP contribution >= 0.6 is 0 Å². The van der Waals surface area contributed by atoms with E-state index in [2.05, 4.69) is 15.6 Å². The van der Waals surface area contributed by atoms with Crippen molar-refractivity contribution < 1.29 is 23.4 Å². The lowest BCUT2D eigenvalue weighted by atomic mass is 9.96. The Morgan fingerprint density at radius 3 is 2.29 bits per heavy atom. The Morgan fingerprint density at radius 1 is 0.905 bits per heavy atom. The summed E-state index contributed by atoms with van der Waals surface area (Å²) in [6.45, 7) is 6.08. The summed E-state index contributed by atoms with van der Waals surface area (Å²) in [4.78, 5) is 22.2. The van der Waals surface area contributed by atoms with Crippen LogP contribution in [0.15, 0.2) is 72.9 Å². The molecule has 0 unspecified atom stereocenters. The van der Waals surface area contributed by atoms with Crippen LogP contribution in [0.3, 0.4) is 0 Å². The number of aromatic nitrogens is 3. The van der Waals surface area contributed by atoms with Crippen LogP contribution in [-0.4, -0.2) is 34.8 Å². The molecule has 5 rings (SSSR count). The second-order valence-electron chi connectivity index (χ2n) is 10.7. The van der Waals surface area contributed by atoms with E-state index < -0.39 is 6.03 Å². The fourth-order valence-electron chi connectivity index (χ4n) is 4.69. The van der Waals surface area contributed by atoms with Crippen molar-refractivity contribution in [1.29, 1.82) is 0 Å². The Labute approximate surface area is 243 Å². The van der Waals surface area contributed by atoms with Crippen LogP contribution in [0.5, 0.6) is 23.0 Å². The van der Waals surface area contributed by atoms with Crippen molar-refractivity contribution in [2.75, 3.05) is 24.9 Å². The third-order valence-corrected chi connectivity index (χ3v) is 6.64. The molecule has 10 heteroatoms. The first kappa shape index (κ1) is 28.4. The molecule has 5 aromatic rings. The minimum atomic E-state index is -0.467. The van der Waals surface area contributed by atoms with E-state index in [-0.39, 0.29) is 11.2 Å². The number of pyridine rings is 1. The second-order valence-corrected chi connectivity index (χ2v) is 10.7. The molecule has 0 saturated carbocycles. The number of methoxy groups -OCH3 is 2. The van der Waals surface area contributed by atoms with Crippen LogP contribution in [0.1, 0.15) is 26.6 Å². The number of rotatable bonds is 7. The fraction of sp³-hybridized carbons (Fsp3) is 0.219. The molecule has 9 nitrogen and oxygen atoms in total. The van der Waals surface area contributed by atoms with Crippen molar-refractivity contribution in [3.05, 3.63) is 84.6 Å². The highest BCUT2D eigenvalue weighted by molar-refractivity contribution is 6.01. The number of nitrogens with one attached hydrogen (secondary N) is 2. The van der Waals surface area contributed by atoms with Gasteiger partial charge in [0.1, 0.15) is 34.7 Å². The molecule has 2 heterocycles. The summed E-state index contributed by atoms with van der Waals surface area (Å²) in [5.41, 5.74) is 2.00. The van der Waals surface area contributed by atoms with E-state index in [9.17, 15) is 9.18 Å². The maximum absolute atomic E-state index is 14.0. The smallest absolute Gasteiger partial charge is 0.324 e. The zero-order valence-corrected chi connectivity index (χ0v) is 24.3. The highest BCUT2D eigenvalue weighted by Crippen LogP contribution is 2.37. The number of hydrogen-bond acceptors (Lipinski definition) is 6. The number of anilines is 2. The SMILES string of the molecule is COc1cc2nccc(Oc3ccc(NC(=O)Nc4c(-c5cccc(F)c5)nc(C(C)(C)C)n4C)cc3)c2cc1OC. The van der Waals surface area contributed by atoms with Crippen LogP contribution in [0.2, 0.25) is 0 Å². The van der Waals surface area contributed by atoms with Crippen molar-refractivity contribution >= 4 is 28.4 Å². The first-order valence-corrected chi connectivity index (χ1v) is 13.3. The number of halogens is 1. The Kier molecular flexibility index (Phi) is 7.71. The van der Waals surface area contributed by atoms with E-state index in [1.165, 1.54) is 12.1 Å². The van der Waals surface area contributed by atoms with Crippen molar-refractivity contribution in [1.82, 2.24) is 14.5 Å². The van der Waals surface area contributed by atoms with Crippen LogP contribution in [0, 0.1) is 5.82 Å². The Bertz CT molecular complexity index is 1760. The molecule has 2 aromatic heterocycles. The zero-order valence-electron chi connectivity index (χ0n) is 24.3. The average molecular weight is 570 g/mol. The van der Waals surface area contributed by atoms with Gasteiger partial charge < -0.3 is 24.1 Å². The molecule has 0 aliphatic heterocycles. The third-order valence-electron chi connectivity index (χ3n) is 6.64. The van der Waals surface area contributed by atoms with Gasteiger partial charge in [-0.05, 0) is 48.5 Å². The van der Waals surface area contributed by atoms with E-state index >= 15 is 0 Å². The predicted molar refractivity (Wildman–Crippen MR) is 161 cm³/mol. The van der Waals surface area contributed by atoms with Crippen LogP contribution in [-0.2, 0) is 12.5 Å². The topological polar surface area (TPSA) is 99.5 Å². The Balaban J connectivity index is 1.34. The Morgan fingerprint density at radius 2 is 1.62 bits per heavy atom. The Hall–Kier alpha value is -5.12. The molecule has 0 aliphatic rings. The van der Waals surface area contributed by atoms with E-state index in [1.807, 2.05) is 38.5 Å². The van der Waals surface area contributed by atoms with E-state index in [0.29, 0.717) is 51.3 Å². The first-order valence-electron chi connectivity index (χ1n) is 13.3. The molecular formula is C32H32FN5O4. The van der Waals surface area contributed by atoms with Gasteiger partial charge in [-0.1, -0.05) is 32.9 Å². The zero-order chi connectivity index (χ0) is 30.0. The molecule has 0 bridgehead atoms. The van der Waals surface area contributed by atoms with Gasteiger partial charge in [0.2, 0.25) is 0 Å². The van der Waals surface area contributed by atoms with Crippen LogP contribution < -0.4 is 24.8 Å². The van der Waals surface area contributed by atoms with Crippen LogP contribution in [0.25, 0.3) is 22.2 Å². The minimum absolute atomic E-state index is 0.305. The summed E-state index contributed by atoms with van der Waals surface area (Å²) >= 11 is 0. The quantitative estimate of drug-likeness (QED) is 0.210. The first-order chi connectivity index (χ1) is 20.1. The number of carbonyl (C=O) groups excluding carboxylic acids is 1. The highest BCUT2D eigenvalue weighted by atomic mass is 19.1. The molecular weight excluding hydrogens is 537 g/mol. The van der Waals surface area contributed by atoms with Crippen molar-refractivity contribution in [2.45, 2.75) is 26.2 Å². The molecule has 0 radical (unpaired) electrons. The van der Waals surface area contributed by atoms with Gasteiger partial charge >= 0.3 is 6.03 Å². The van der Waals surface area contributed by atoms with Crippen LogP contribution in [0.4, 0.5) is 20.7 Å². The molecule has 3 aromatic carbocycles. The summed E-state index contributed by atoms with van der Waals surface area (Å²) < 4.78 is 32.8. The number of amides is 2. The summed E-state index contributed by atoms with van der Waals surface area (Å²) in [5, 5.41) is 6.50. The molecule has 42 heavy (non-hydrogen) atoms. The van der Waals surface area contributed by atoms with E-state index in [4.69, 9.17) is 19.2 Å². The molecule has 2 amide bonds. The molecule has 216 valence electrons. The maximum Gasteiger partial charge on any atom is 0.324 e. The second kappa shape index (κ2) is 11.4. The molecule has 0 fully saturated rings. The lowest BCUT2D eigenvalue weighted by molar-refractivity contribution is 0.262. The average Bonchev–Trinajstić information content (AvgIpc) is 3.29. The van der Waals surface area contributed by atoms with E-state index in [0.717, 1.165) is 11.2 Å². The van der Waals surface area contributed by atoms with Crippen molar-refractivity contribution in [3.8, 4) is 34.3 Å². The predicted octanol–water partition coefficient (Wildman–Crippen LogP) is 7.53. The summed E-state index contributed by atoms with van der Waals surface area (Å²) in [5.74, 6) is 3.13. The van der Waals surface area contributed by atoms with Gasteiger partial charge in [0.05, 0.1) is 19.7 Å². The normalized spacial score (nSPS) is 11.3. The van der Waals surface area contributed by atoms with Crippen molar-refractivity contribution in [3.63, 3.8) is 0 Å². The van der Waals surface area contributed by atoms with Gasteiger partial charge in [-0.15, -0.1) is 0 Å². The third kappa shape index (κ3) is 5.83. The lowest BCUT2D eigenvalue weighted by Crippen LogP contribution is -2.23. The lowest BCUT2D eigenvalue weighted by Gasteiger charge is -2.18. The molecule has 0 spiro atoms. The number of benzene rings is 3. The standard InChI is InChI=1S/C32H32FN5O4/c1-32(2,3)30-36-28(19-8-7-9-20(33)16-19)29(38(30)4)37-31(39)35-21-10-12-22(13-11-21)42-25-14-15-34-24-18-27(41-6)26(40-5)17-23(24)25/h7-18H,1-6H3,(H2,35,37,39). The number of urea groups is 1. The number of ether oxygens (including phenoxy) is 3. The summed E-state index contributed by atoms with van der Waals surface area (Å²) in [6, 6.07) is 18.0.